The largest absolute Gasteiger partial charge is 0.481 e. The molecule has 2 rings (SSSR count). The first kappa shape index (κ1) is 14.9. The molecule has 1 aliphatic rings. The third-order valence-electron chi connectivity index (χ3n) is 3.95. The van der Waals surface area contributed by atoms with Gasteiger partial charge in [-0.2, -0.15) is 0 Å². The molecule has 0 N–H and O–H groups in total. The van der Waals surface area contributed by atoms with Crippen molar-refractivity contribution in [3.8, 4) is 5.75 Å². The number of ether oxygens (including phenoxy) is 1. The Hall–Kier alpha value is -1.51. The highest BCUT2D eigenvalue weighted by atomic mass is 16.5. The second-order valence-electron chi connectivity index (χ2n) is 6.06. The van der Waals surface area contributed by atoms with Crippen LogP contribution in [0.2, 0.25) is 0 Å². The molecule has 3 nitrogen and oxygen atoms in total. The van der Waals surface area contributed by atoms with Crippen LogP contribution in [0, 0.1) is 19.8 Å². The molecule has 2 atom stereocenters. The third-order valence-corrected chi connectivity index (χ3v) is 3.95. The molecule has 0 aromatic heterocycles. The molecule has 110 valence electrons. The molecule has 0 bridgehead atoms. The lowest BCUT2D eigenvalue weighted by Crippen LogP contribution is -2.45. The van der Waals surface area contributed by atoms with Gasteiger partial charge in [-0.25, -0.2) is 0 Å². The normalized spacial score (nSPS) is 20.6. The fourth-order valence-corrected chi connectivity index (χ4v) is 2.82. The predicted molar refractivity (Wildman–Crippen MR) is 81.0 cm³/mol. The fourth-order valence-electron chi connectivity index (χ4n) is 2.82. The van der Waals surface area contributed by atoms with E-state index in [0.717, 1.165) is 30.8 Å². The molecule has 20 heavy (non-hydrogen) atoms. The highest BCUT2D eigenvalue weighted by Gasteiger charge is 2.26. The van der Waals surface area contributed by atoms with Crippen LogP contribution in [-0.4, -0.2) is 30.0 Å². The van der Waals surface area contributed by atoms with E-state index >= 15 is 0 Å². The quantitative estimate of drug-likeness (QED) is 0.847. The number of aryl methyl sites for hydroxylation is 2. The number of rotatable bonds is 3. The van der Waals surface area contributed by atoms with Gasteiger partial charge in [-0.15, -0.1) is 0 Å². The van der Waals surface area contributed by atoms with E-state index < -0.39 is 6.10 Å². The third kappa shape index (κ3) is 3.53. The number of amides is 1. The average molecular weight is 275 g/mol. The van der Waals surface area contributed by atoms with Crippen molar-refractivity contribution in [3.63, 3.8) is 0 Å². The second kappa shape index (κ2) is 6.29. The van der Waals surface area contributed by atoms with Gasteiger partial charge >= 0.3 is 0 Å². The van der Waals surface area contributed by atoms with Gasteiger partial charge in [0, 0.05) is 13.1 Å². The maximum atomic E-state index is 12.4. The van der Waals surface area contributed by atoms with Crippen LogP contribution in [0.25, 0.3) is 0 Å². The van der Waals surface area contributed by atoms with Gasteiger partial charge in [-0.3, -0.25) is 4.79 Å². The Bertz CT molecular complexity index is 484. The van der Waals surface area contributed by atoms with Gasteiger partial charge in [0.2, 0.25) is 0 Å². The second-order valence-corrected chi connectivity index (χ2v) is 6.06. The van der Waals surface area contributed by atoms with Crippen LogP contribution in [0.15, 0.2) is 18.2 Å². The van der Waals surface area contributed by atoms with E-state index in [9.17, 15) is 4.79 Å². The number of likely N-dealkylation sites (tertiary alicyclic amines) is 1. The number of hydrogen-bond acceptors (Lipinski definition) is 2. The Labute approximate surface area is 121 Å². The van der Waals surface area contributed by atoms with Crippen LogP contribution in [0.1, 0.15) is 37.8 Å². The topological polar surface area (TPSA) is 29.5 Å². The van der Waals surface area contributed by atoms with Gasteiger partial charge in [0.15, 0.2) is 6.10 Å². The van der Waals surface area contributed by atoms with Crippen molar-refractivity contribution in [1.82, 2.24) is 4.90 Å². The zero-order valence-electron chi connectivity index (χ0n) is 13.0. The number of carbonyl (C=O) groups excluding carboxylic acids is 1. The maximum absolute atomic E-state index is 12.4. The molecular formula is C17H25NO2. The summed E-state index contributed by atoms with van der Waals surface area (Å²) in [4.78, 5) is 14.4. The van der Waals surface area contributed by atoms with Crippen LogP contribution in [0.5, 0.6) is 5.75 Å². The van der Waals surface area contributed by atoms with E-state index in [0.29, 0.717) is 5.92 Å². The highest BCUT2D eigenvalue weighted by molar-refractivity contribution is 5.81. The lowest BCUT2D eigenvalue weighted by Gasteiger charge is -2.32. The lowest BCUT2D eigenvalue weighted by molar-refractivity contribution is -0.139. The van der Waals surface area contributed by atoms with E-state index in [4.69, 9.17) is 4.74 Å². The Balaban J connectivity index is 2.00. The summed E-state index contributed by atoms with van der Waals surface area (Å²) >= 11 is 0. The first-order valence-corrected chi connectivity index (χ1v) is 7.50. The van der Waals surface area contributed by atoms with Crippen LogP contribution < -0.4 is 4.74 Å². The minimum Gasteiger partial charge on any atom is -0.481 e. The van der Waals surface area contributed by atoms with Crippen LogP contribution in [-0.2, 0) is 4.79 Å². The Kier molecular flexibility index (Phi) is 4.69. The molecule has 0 radical (unpaired) electrons. The number of carbonyl (C=O) groups is 1. The number of hydrogen-bond donors (Lipinski definition) is 0. The molecule has 1 aliphatic heterocycles. The summed E-state index contributed by atoms with van der Waals surface area (Å²) in [5.74, 6) is 1.51. The van der Waals surface area contributed by atoms with E-state index in [2.05, 4.69) is 19.9 Å². The van der Waals surface area contributed by atoms with Gasteiger partial charge in [-0.05, 0) is 51.2 Å². The summed E-state index contributed by atoms with van der Waals surface area (Å²) in [7, 11) is 0. The maximum Gasteiger partial charge on any atom is 0.263 e. The van der Waals surface area contributed by atoms with Gasteiger partial charge in [-0.1, -0.05) is 24.6 Å². The smallest absolute Gasteiger partial charge is 0.263 e. The zero-order valence-corrected chi connectivity index (χ0v) is 13.0. The van der Waals surface area contributed by atoms with Gasteiger partial charge < -0.3 is 9.64 Å². The van der Waals surface area contributed by atoms with E-state index in [1.54, 1.807) is 0 Å². The monoisotopic (exact) mass is 275 g/mol. The summed E-state index contributed by atoms with van der Waals surface area (Å²) in [5, 5.41) is 0. The van der Waals surface area contributed by atoms with Crippen molar-refractivity contribution in [2.75, 3.05) is 13.1 Å². The summed E-state index contributed by atoms with van der Waals surface area (Å²) in [6.07, 6.45) is 1.90. The molecule has 1 amide bonds. The minimum absolute atomic E-state index is 0.108. The predicted octanol–water partition coefficient (Wildman–Crippen LogP) is 3.33. The van der Waals surface area contributed by atoms with E-state index in [1.165, 1.54) is 12.0 Å². The molecule has 1 aromatic carbocycles. The SMILES string of the molecule is Cc1ccc(O[C@H](C)C(=O)N2CCC[C@H](C)C2)c(C)c1. The first-order valence-electron chi connectivity index (χ1n) is 7.50. The molecule has 1 aromatic rings. The van der Waals surface area contributed by atoms with Gasteiger partial charge in [0.05, 0.1) is 0 Å². The van der Waals surface area contributed by atoms with Gasteiger partial charge in [0.25, 0.3) is 5.91 Å². The fraction of sp³-hybridized carbons (Fsp3) is 0.588. The van der Waals surface area contributed by atoms with Crippen LogP contribution in [0.3, 0.4) is 0 Å². The molecule has 0 unspecified atom stereocenters. The average Bonchev–Trinajstić information content (AvgIpc) is 2.41. The molecule has 1 saturated heterocycles. The van der Waals surface area contributed by atoms with Crippen molar-refractivity contribution >= 4 is 5.91 Å². The van der Waals surface area contributed by atoms with Crippen molar-refractivity contribution < 1.29 is 9.53 Å². The molecular weight excluding hydrogens is 250 g/mol. The van der Waals surface area contributed by atoms with Crippen molar-refractivity contribution in [3.05, 3.63) is 29.3 Å². The zero-order chi connectivity index (χ0) is 14.7. The molecule has 0 saturated carbocycles. The van der Waals surface area contributed by atoms with E-state index in [1.807, 2.05) is 30.9 Å². The summed E-state index contributed by atoms with van der Waals surface area (Å²) in [5.41, 5.74) is 2.29. The molecule has 3 heteroatoms. The van der Waals surface area contributed by atoms with Crippen molar-refractivity contribution in [1.29, 1.82) is 0 Å². The molecule has 1 heterocycles. The van der Waals surface area contributed by atoms with Crippen LogP contribution >= 0.6 is 0 Å². The number of nitrogens with zero attached hydrogens (tertiary/aromatic N) is 1. The van der Waals surface area contributed by atoms with Crippen molar-refractivity contribution in [2.24, 2.45) is 5.92 Å². The first-order chi connectivity index (χ1) is 9.47. The lowest BCUT2D eigenvalue weighted by atomic mass is 10.00. The highest BCUT2D eigenvalue weighted by Crippen LogP contribution is 2.22. The van der Waals surface area contributed by atoms with Crippen LogP contribution in [0.4, 0.5) is 0 Å². The van der Waals surface area contributed by atoms with Crippen molar-refractivity contribution in [2.45, 2.75) is 46.6 Å². The summed E-state index contributed by atoms with van der Waals surface area (Å²) < 4.78 is 5.86. The molecule has 1 fully saturated rings. The minimum atomic E-state index is -0.415. The molecule has 0 spiro atoms. The Morgan fingerprint density at radius 1 is 1.40 bits per heavy atom. The number of benzene rings is 1. The molecule has 0 aliphatic carbocycles. The Morgan fingerprint density at radius 2 is 2.15 bits per heavy atom. The summed E-state index contributed by atoms with van der Waals surface area (Å²) in [6, 6.07) is 6.05. The number of piperidine rings is 1. The van der Waals surface area contributed by atoms with E-state index in [-0.39, 0.29) is 5.91 Å². The standard InChI is InChI=1S/C17H25NO2/c1-12-7-8-16(14(3)10-12)20-15(4)17(19)18-9-5-6-13(2)11-18/h7-8,10,13,15H,5-6,9,11H2,1-4H3/t13-,15+/m0/s1. The summed E-state index contributed by atoms with van der Waals surface area (Å²) in [6.45, 7) is 9.85. The Morgan fingerprint density at radius 3 is 2.80 bits per heavy atom. The van der Waals surface area contributed by atoms with Gasteiger partial charge in [0.1, 0.15) is 5.75 Å².